The van der Waals surface area contributed by atoms with Crippen molar-refractivity contribution in [3.05, 3.63) is 30.6 Å². The van der Waals surface area contributed by atoms with E-state index >= 15 is 0 Å². The molecule has 1 saturated heterocycles. The summed E-state index contributed by atoms with van der Waals surface area (Å²) in [4.78, 5) is 20.8. The Morgan fingerprint density at radius 3 is 2.49 bits per heavy atom. The van der Waals surface area contributed by atoms with Gasteiger partial charge in [-0.1, -0.05) is 0 Å². The van der Waals surface area contributed by atoms with Crippen LogP contribution in [0.3, 0.4) is 0 Å². The Kier molecular flexibility index (Phi) is 7.63. The molecule has 35 heavy (non-hydrogen) atoms. The molecule has 13 heteroatoms. The van der Waals surface area contributed by atoms with Gasteiger partial charge in [-0.2, -0.15) is 0 Å². The number of ether oxygens (including phenoxy) is 3. The summed E-state index contributed by atoms with van der Waals surface area (Å²) in [5.74, 6) is 0.956. The fourth-order valence-corrected chi connectivity index (χ4v) is 3.81. The Hall–Kier alpha value is -3.48. The lowest BCUT2D eigenvalue weighted by Crippen LogP contribution is -2.50. The molecule has 0 unspecified atom stereocenters. The normalized spacial score (nSPS) is 20.3. The van der Waals surface area contributed by atoms with E-state index in [2.05, 4.69) is 36.0 Å². The topological polar surface area (TPSA) is 119 Å². The van der Waals surface area contributed by atoms with Gasteiger partial charge in [0.15, 0.2) is 0 Å². The number of carbonyl (C=O) groups excluding carboxylic acids is 1. The van der Waals surface area contributed by atoms with Crippen molar-refractivity contribution in [1.82, 2.24) is 20.6 Å². The highest BCUT2D eigenvalue weighted by atomic mass is 19.4. The molecule has 1 aromatic carbocycles. The highest BCUT2D eigenvalue weighted by Gasteiger charge is 2.32. The molecule has 1 aromatic heterocycles. The molecular formula is C22H27F3N6O4. The van der Waals surface area contributed by atoms with Crippen LogP contribution in [0.1, 0.15) is 25.7 Å². The third kappa shape index (κ3) is 7.25. The molecule has 0 atom stereocenters. The van der Waals surface area contributed by atoms with Crippen molar-refractivity contribution in [2.45, 2.75) is 50.3 Å². The number of amides is 2. The molecule has 2 aliphatic rings. The number of nitrogens with one attached hydrogen (secondary N) is 4. The van der Waals surface area contributed by atoms with E-state index in [4.69, 9.17) is 9.47 Å². The number of halogens is 3. The van der Waals surface area contributed by atoms with Crippen molar-refractivity contribution in [2.75, 3.05) is 30.8 Å². The molecule has 2 fully saturated rings. The standard InChI is InChI=1S/C22H27F3N6O4/c1-26-19-9-20(29-12-28-19)34-14-4-2-13(3-5-14)30-21(32)31-17-8-15(35-22(23,24)25)6-7-18(17)33-16-10-27-11-16/h6-9,12-14,16,27H,2-5,10-11H2,1H3,(H,26,28,29)(H2,30,31,32). The fourth-order valence-electron chi connectivity index (χ4n) is 3.81. The quantitative estimate of drug-likeness (QED) is 0.440. The number of aromatic nitrogens is 2. The van der Waals surface area contributed by atoms with Crippen LogP contribution in [-0.4, -0.2) is 60.7 Å². The SMILES string of the molecule is CNc1cc(OC2CCC(NC(=O)Nc3cc(OC(F)(F)F)ccc3OC3CNC3)CC2)ncn1. The minimum Gasteiger partial charge on any atom is -0.486 e. The Morgan fingerprint density at radius 2 is 1.83 bits per heavy atom. The summed E-state index contributed by atoms with van der Waals surface area (Å²) in [5, 5.41) is 11.4. The number of rotatable bonds is 8. The molecule has 190 valence electrons. The number of nitrogens with zero attached hydrogens (tertiary/aromatic N) is 2. The van der Waals surface area contributed by atoms with Gasteiger partial charge < -0.3 is 35.5 Å². The molecule has 1 saturated carbocycles. The minimum atomic E-state index is -4.85. The average Bonchev–Trinajstić information content (AvgIpc) is 2.78. The summed E-state index contributed by atoms with van der Waals surface area (Å²) in [6, 6.07) is 4.67. The molecule has 4 rings (SSSR count). The van der Waals surface area contributed by atoms with E-state index in [-0.39, 0.29) is 29.7 Å². The van der Waals surface area contributed by atoms with Crippen LogP contribution in [0.25, 0.3) is 0 Å². The summed E-state index contributed by atoms with van der Waals surface area (Å²) in [6.07, 6.45) is -0.810. The van der Waals surface area contributed by atoms with E-state index < -0.39 is 18.1 Å². The van der Waals surface area contributed by atoms with Crippen LogP contribution in [0.2, 0.25) is 0 Å². The van der Waals surface area contributed by atoms with Gasteiger partial charge in [0.2, 0.25) is 5.88 Å². The first-order valence-corrected chi connectivity index (χ1v) is 11.3. The van der Waals surface area contributed by atoms with Crippen LogP contribution in [0.15, 0.2) is 30.6 Å². The third-order valence-electron chi connectivity index (χ3n) is 5.67. The van der Waals surface area contributed by atoms with Crippen LogP contribution < -0.4 is 35.5 Å². The van der Waals surface area contributed by atoms with Gasteiger partial charge >= 0.3 is 12.4 Å². The predicted molar refractivity (Wildman–Crippen MR) is 121 cm³/mol. The summed E-state index contributed by atoms with van der Waals surface area (Å²) < 4.78 is 53.6. The molecular weight excluding hydrogens is 469 g/mol. The number of hydrogen-bond acceptors (Lipinski definition) is 8. The van der Waals surface area contributed by atoms with Gasteiger partial charge in [-0.05, 0) is 37.8 Å². The van der Waals surface area contributed by atoms with E-state index in [1.54, 1.807) is 13.1 Å². The van der Waals surface area contributed by atoms with E-state index in [9.17, 15) is 18.0 Å². The highest BCUT2D eigenvalue weighted by Crippen LogP contribution is 2.33. The van der Waals surface area contributed by atoms with Gasteiger partial charge in [0.25, 0.3) is 0 Å². The molecule has 10 nitrogen and oxygen atoms in total. The Bertz CT molecular complexity index is 1010. The first-order chi connectivity index (χ1) is 16.8. The predicted octanol–water partition coefficient (Wildman–Crippen LogP) is 3.28. The van der Waals surface area contributed by atoms with Crippen LogP contribution >= 0.6 is 0 Å². The van der Waals surface area contributed by atoms with Crippen LogP contribution in [0.5, 0.6) is 17.4 Å². The first-order valence-electron chi connectivity index (χ1n) is 11.3. The fraction of sp³-hybridized carbons (Fsp3) is 0.500. The molecule has 1 aliphatic heterocycles. The van der Waals surface area contributed by atoms with Crippen molar-refractivity contribution in [1.29, 1.82) is 0 Å². The summed E-state index contributed by atoms with van der Waals surface area (Å²) in [6.45, 7) is 1.23. The lowest BCUT2D eigenvalue weighted by molar-refractivity contribution is -0.274. The van der Waals surface area contributed by atoms with Crippen molar-refractivity contribution >= 4 is 17.5 Å². The zero-order valence-corrected chi connectivity index (χ0v) is 19.0. The number of hydrogen-bond donors (Lipinski definition) is 4. The maximum atomic E-state index is 12.6. The van der Waals surface area contributed by atoms with Gasteiger partial charge in [-0.15, -0.1) is 13.2 Å². The molecule has 0 radical (unpaired) electrons. The van der Waals surface area contributed by atoms with Gasteiger partial charge in [0.1, 0.15) is 35.9 Å². The summed E-state index contributed by atoms with van der Waals surface area (Å²) in [5.41, 5.74) is 0.0947. The number of anilines is 2. The largest absolute Gasteiger partial charge is 0.573 e. The zero-order chi connectivity index (χ0) is 24.8. The second-order valence-electron chi connectivity index (χ2n) is 8.29. The molecule has 2 amide bonds. The molecule has 0 spiro atoms. The maximum absolute atomic E-state index is 12.6. The number of benzene rings is 1. The Balaban J connectivity index is 1.31. The lowest BCUT2D eigenvalue weighted by Gasteiger charge is -2.30. The Morgan fingerprint density at radius 1 is 1.06 bits per heavy atom. The summed E-state index contributed by atoms with van der Waals surface area (Å²) in [7, 11) is 1.76. The summed E-state index contributed by atoms with van der Waals surface area (Å²) >= 11 is 0. The molecule has 1 aliphatic carbocycles. The number of urea groups is 1. The number of alkyl halides is 3. The molecule has 2 heterocycles. The minimum absolute atomic E-state index is 0.0389. The lowest BCUT2D eigenvalue weighted by atomic mass is 9.93. The second kappa shape index (κ2) is 10.8. The van der Waals surface area contributed by atoms with Gasteiger partial charge in [0.05, 0.1) is 5.69 Å². The van der Waals surface area contributed by atoms with E-state index in [1.807, 2.05) is 0 Å². The van der Waals surface area contributed by atoms with Gasteiger partial charge in [-0.25, -0.2) is 14.8 Å². The van der Waals surface area contributed by atoms with E-state index in [1.165, 1.54) is 12.4 Å². The first kappa shape index (κ1) is 24.6. The maximum Gasteiger partial charge on any atom is 0.573 e. The number of carbonyl (C=O) groups is 1. The molecule has 4 N–H and O–H groups in total. The third-order valence-corrected chi connectivity index (χ3v) is 5.67. The van der Waals surface area contributed by atoms with Crippen molar-refractivity contribution in [2.24, 2.45) is 0 Å². The smallest absolute Gasteiger partial charge is 0.486 e. The zero-order valence-electron chi connectivity index (χ0n) is 19.0. The van der Waals surface area contributed by atoms with E-state index in [0.29, 0.717) is 50.5 Å². The molecule has 0 bridgehead atoms. The van der Waals surface area contributed by atoms with Crippen LogP contribution in [0, 0.1) is 0 Å². The Labute approximate surface area is 199 Å². The molecule has 2 aromatic rings. The average molecular weight is 496 g/mol. The van der Waals surface area contributed by atoms with Crippen LogP contribution in [0.4, 0.5) is 29.5 Å². The highest BCUT2D eigenvalue weighted by molar-refractivity contribution is 5.91. The van der Waals surface area contributed by atoms with Crippen LogP contribution in [-0.2, 0) is 0 Å². The van der Waals surface area contributed by atoms with Gasteiger partial charge in [0, 0.05) is 38.3 Å². The second-order valence-corrected chi connectivity index (χ2v) is 8.29. The van der Waals surface area contributed by atoms with Crippen molar-refractivity contribution in [3.63, 3.8) is 0 Å². The van der Waals surface area contributed by atoms with Crippen molar-refractivity contribution < 1.29 is 32.2 Å². The van der Waals surface area contributed by atoms with Crippen molar-refractivity contribution in [3.8, 4) is 17.4 Å². The van der Waals surface area contributed by atoms with E-state index in [0.717, 1.165) is 12.1 Å². The van der Waals surface area contributed by atoms with Gasteiger partial charge in [-0.3, -0.25) is 0 Å². The monoisotopic (exact) mass is 496 g/mol.